The highest BCUT2D eigenvalue weighted by Gasteiger charge is 2.22. The monoisotopic (exact) mass is 347 g/mol. The molecule has 0 aliphatic rings. The molecule has 6 nitrogen and oxygen atoms in total. The number of ether oxygens (including phenoxy) is 1. The van der Waals surface area contributed by atoms with Crippen molar-refractivity contribution in [3.63, 3.8) is 0 Å². The molecule has 1 aromatic heterocycles. The van der Waals surface area contributed by atoms with E-state index in [0.717, 1.165) is 6.07 Å². The number of methoxy groups -OCH3 is 1. The molecule has 0 fully saturated rings. The molecular weight excluding hydrogens is 336 g/mol. The normalized spacial score (nSPS) is 10.6. The van der Waals surface area contributed by atoms with E-state index in [0.29, 0.717) is 15.9 Å². The van der Waals surface area contributed by atoms with Crippen LogP contribution in [-0.2, 0) is 13.6 Å². The summed E-state index contributed by atoms with van der Waals surface area (Å²) in [5, 5.41) is 14.5. The quantitative estimate of drug-likeness (QED) is 0.655. The van der Waals surface area contributed by atoms with Crippen molar-refractivity contribution >= 4 is 34.6 Å². The Balaban J connectivity index is 2.34. The molecule has 1 heterocycles. The Bertz CT molecular complexity index is 734. The van der Waals surface area contributed by atoms with Crippen LogP contribution in [0.15, 0.2) is 18.2 Å². The number of benzene rings is 1. The van der Waals surface area contributed by atoms with E-state index >= 15 is 0 Å². The van der Waals surface area contributed by atoms with Crippen molar-refractivity contribution in [2.75, 3.05) is 12.4 Å². The van der Waals surface area contributed by atoms with E-state index in [-0.39, 0.29) is 18.0 Å². The predicted octanol–water partition coefficient (Wildman–Crippen LogP) is 4.00. The van der Waals surface area contributed by atoms with Crippen LogP contribution in [0.1, 0.15) is 5.69 Å². The summed E-state index contributed by atoms with van der Waals surface area (Å²) in [4.78, 5) is 10.2. The van der Waals surface area contributed by atoms with Crippen molar-refractivity contribution in [1.82, 2.24) is 4.57 Å². The number of halogens is 3. The van der Waals surface area contributed by atoms with Crippen LogP contribution in [-0.4, -0.2) is 16.6 Å². The van der Waals surface area contributed by atoms with Crippen molar-refractivity contribution in [2.45, 2.75) is 6.54 Å². The lowest BCUT2D eigenvalue weighted by atomic mass is 10.2. The second kappa shape index (κ2) is 6.41. The van der Waals surface area contributed by atoms with E-state index in [1.807, 2.05) is 0 Å². The summed E-state index contributed by atoms with van der Waals surface area (Å²) in [6.07, 6.45) is 0. The number of nitro groups is 1. The van der Waals surface area contributed by atoms with Crippen LogP contribution in [0.3, 0.4) is 0 Å². The zero-order valence-corrected chi connectivity index (χ0v) is 13.2. The Kier molecular flexibility index (Phi) is 4.77. The van der Waals surface area contributed by atoms with Crippen LogP contribution in [0.2, 0.25) is 10.2 Å². The highest BCUT2D eigenvalue weighted by Crippen LogP contribution is 2.33. The zero-order valence-electron chi connectivity index (χ0n) is 11.7. The second-order valence-electron chi connectivity index (χ2n) is 4.45. The lowest BCUT2D eigenvalue weighted by Crippen LogP contribution is -2.07. The summed E-state index contributed by atoms with van der Waals surface area (Å²) in [5.41, 5.74) is 0.0509. The van der Waals surface area contributed by atoms with Gasteiger partial charge in [-0.25, -0.2) is 0 Å². The van der Waals surface area contributed by atoms with Crippen LogP contribution in [0.4, 0.5) is 15.8 Å². The van der Waals surface area contributed by atoms with E-state index < -0.39 is 16.4 Å². The number of hydrogen-bond acceptors (Lipinski definition) is 4. The van der Waals surface area contributed by atoms with Gasteiger partial charge in [0.1, 0.15) is 16.6 Å². The number of anilines is 1. The Morgan fingerprint density at radius 3 is 2.59 bits per heavy atom. The molecule has 22 heavy (non-hydrogen) atoms. The third-order valence-corrected chi connectivity index (χ3v) is 3.97. The van der Waals surface area contributed by atoms with Gasteiger partial charge in [-0.2, -0.15) is 4.39 Å². The fourth-order valence-corrected chi connectivity index (χ4v) is 2.37. The van der Waals surface area contributed by atoms with Crippen LogP contribution in [0.25, 0.3) is 0 Å². The first kappa shape index (κ1) is 16.4. The second-order valence-corrected chi connectivity index (χ2v) is 5.21. The van der Waals surface area contributed by atoms with E-state index in [1.54, 1.807) is 17.7 Å². The van der Waals surface area contributed by atoms with Crippen molar-refractivity contribution in [1.29, 1.82) is 0 Å². The van der Waals surface area contributed by atoms with Gasteiger partial charge in [0.25, 0.3) is 0 Å². The van der Waals surface area contributed by atoms with Gasteiger partial charge in [-0.3, -0.25) is 10.1 Å². The van der Waals surface area contributed by atoms with E-state index in [9.17, 15) is 14.5 Å². The van der Waals surface area contributed by atoms with Gasteiger partial charge in [-0.1, -0.05) is 23.2 Å². The van der Waals surface area contributed by atoms with Gasteiger partial charge in [0.2, 0.25) is 5.82 Å². The fourth-order valence-electron chi connectivity index (χ4n) is 1.96. The van der Waals surface area contributed by atoms with Gasteiger partial charge in [-0.15, -0.1) is 0 Å². The van der Waals surface area contributed by atoms with Gasteiger partial charge in [-0.05, 0) is 6.07 Å². The minimum atomic E-state index is -0.977. The third-order valence-electron chi connectivity index (χ3n) is 3.13. The number of rotatable bonds is 5. The summed E-state index contributed by atoms with van der Waals surface area (Å²) in [6, 6.07) is 3.94. The topological polar surface area (TPSA) is 69.3 Å². The number of hydrogen-bond donors (Lipinski definition) is 1. The molecule has 2 rings (SSSR count). The van der Waals surface area contributed by atoms with Crippen LogP contribution in [0, 0.1) is 15.9 Å². The molecule has 0 atom stereocenters. The molecule has 0 saturated heterocycles. The standard InChI is InChI=1S/C13H12Cl2FN3O3/c1-18-7(3-9(14)13(18)15)6-17-11-5-8(22-2)4-10(16)12(11)19(20)21/h3-5,17H,6H2,1-2H3. The zero-order chi connectivity index (χ0) is 16.4. The number of nitro benzene ring substituents is 1. The first-order valence-corrected chi connectivity index (χ1v) is 6.86. The average molecular weight is 348 g/mol. The Hall–Kier alpha value is -1.99. The highest BCUT2D eigenvalue weighted by molar-refractivity contribution is 6.41. The van der Waals surface area contributed by atoms with E-state index in [2.05, 4.69) is 5.32 Å². The molecular formula is C13H12Cl2FN3O3. The molecule has 0 spiro atoms. The molecule has 2 aromatic rings. The van der Waals surface area contributed by atoms with Gasteiger partial charge >= 0.3 is 5.69 Å². The Morgan fingerprint density at radius 1 is 1.41 bits per heavy atom. The SMILES string of the molecule is COc1cc(F)c([N+](=O)[O-])c(NCc2cc(Cl)c(Cl)n2C)c1. The Morgan fingerprint density at radius 2 is 2.09 bits per heavy atom. The summed E-state index contributed by atoms with van der Waals surface area (Å²) >= 11 is 11.9. The summed E-state index contributed by atoms with van der Waals surface area (Å²) in [6.45, 7) is 0.177. The van der Waals surface area contributed by atoms with Gasteiger partial charge in [0.05, 0.1) is 23.6 Å². The largest absolute Gasteiger partial charge is 0.497 e. The average Bonchev–Trinajstić information content (AvgIpc) is 2.71. The van der Waals surface area contributed by atoms with Crippen molar-refractivity contribution in [3.05, 3.63) is 50.0 Å². The molecule has 0 unspecified atom stereocenters. The predicted molar refractivity (Wildman–Crippen MR) is 82.4 cm³/mol. The minimum absolute atomic E-state index is 0.00953. The molecule has 0 aliphatic carbocycles. The molecule has 0 radical (unpaired) electrons. The summed E-state index contributed by atoms with van der Waals surface area (Å²) in [7, 11) is 3.05. The Labute approximate surface area is 135 Å². The third kappa shape index (κ3) is 3.10. The van der Waals surface area contributed by atoms with E-state index in [4.69, 9.17) is 27.9 Å². The first-order valence-electron chi connectivity index (χ1n) is 6.10. The molecule has 0 saturated carbocycles. The molecule has 1 aromatic carbocycles. The molecule has 1 N–H and O–H groups in total. The van der Waals surface area contributed by atoms with Crippen molar-refractivity contribution in [2.24, 2.45) is 7.05 Å². The maximum absolute atomic E-state index is 13.8. The first-order chi connectivity index (χ1) is 10.3. The molecule has 0 amide bonds. The van der Waals surface area contributed by atoms with Gasteiger partial charge in [0.15, 0.2) is 0 Å². The highest BCUT2D eigenvalue weighted by atomic mass is 35.5. The molecule has 0 aliphatic heterocycles. The maximum atomic E-state index is 13.8. The van der Waals surface area contributed by atoms with Gasteiger partial charge < -0.3 is 14.6 Å². The lowest BCUT2D eigenvalue weighted by Gasteiger charge is -2.10. The van der Waals surface area contributed by atoms with Gasteiger partial charge in [0, 0.05) is 24.9 Å². The van der Waals surface area contributed by atoms with Crippen molar-refractivity contribution in [3.8, 4) is 5.75 Å². The maximum Gasteiger partial charge on any atom is 0.327 e. The molecule has 118 valence electrons. The number of nitrogens with one attached hydrogen (secondary N) is 1. The van der Waals surface area contributed by atoms with Crippen LogP contribution < -0.4 is 10.1 Å². The lowest BCUT2D eigenvalue weighted by molar-refractivity contribution is -0.386. The van der Waals surface area contributed by atoms with E-state index in [1.165, 1.54) is 13.2 Å². The fraction of sp³-hybridized carbons (Fsp3) is 0.231. The smallest absolute Gasteiger partial charge is 0.327 e. The molecule has 9 heteroatoms. The number of nitrogens with zero attached hydrogens (tertiary/aromatic N) is 2. The summed E-state index contributed by atoms with van der Waals surface area (Å²) < 4.78 is 20.4. The molecule has 0 bridgehead atoms. The number of aromatic nitrogens is 1. The minimum Gasteiger partial charge on any atom is -0.497 e. The van der Waals surface area contributed by atoms with Crippen molar-refractivity contribution < 1.29 is 14.1 Å². The van der Waals surface area contributed by atoms with Crippen LogP contribution in [0.5, 0.6) is 5.75 Å². The summed E-state index contributed by atoms with van der Waals surface area (Å²) in [5.74, 6) is -0.802. The van der Waals surface area contributed by atoms with Crippen LogP contribution >= 0.6 is 23.2 Å².